The van der Waals surface area contributed by atoms with Gasteiger partial charge in [0.2, 0.25) is 0 Å². The molecule has 10 nitrogen and oxygen atoms in total. The molecule has 0 amide bonds. The molecule has 3 aromatic rings. The van der Waals surface area contributed by atoms with Crippen LogP contribution in [0.1, 0.15) is 238 Å². The van der Waals surface area contributed by atoms with Crippen LogP contribution in [0.15, 0.2) is 103 Å². The molecule has 558 valence electrons. The summed E-state index contributed by atoms with van der Waals surface area (Å²) in [5.41, 5.74) is 1.77. The van der Waals surface area contributed by atoms with Gasteiger partial charge in [-0.05, 0) is 290 Å². The fourth-order valence-corrected chi connectivity index (χ4v) is 31.3. The highest BCUT2D eigenvalue weighted by Gasteiger charge is 2.71. The fourth-order valence-electron chi connectivity index (χ4n) is 26.2. The van der Waals surface area contributed by atoms with Crippen LogP contribution in [0.25, 0.3) is 0 Å². The van der Waals surface area contributed by atoms with E-state index in [1.807, 2.05) is 6.92 Å². The summed E-state index contributed by atoms with van der Waals surface area (Å²) in [6, 6.07) is 32.6. The molecule has 12 aliphatic carbocycles. The van der Waals surface area contributed by atoms with Crippen LogP contribution in [-0.2, 0) is 24.2 Å². The Kier molecular flexibility index (Phi) is 23.0. The van der Waals surface area contributed by atoms with Crippen molar-refractivity contribution in [1.82, 2.24) is 0 Å². The van der Waals surface area contributed by atoms with Crippen LogP contribution in [-0.4, -0.2) is 101 Å². The van der Waals surface area contributed by atoms with Gasteiger partial charge < -0.3 is 44.9 Å². The van der Waals surface area contributed by atoms with Crippen molar-refractivity contribution in [2.24, 2.45) is 104 Å². The molecule has 16 rings (SSSR count). The SMILES string of the molecule is C.C/C=C1\CCC2C3CC[C@@H]4C[C@H](O)CC[C@]4(C)C3C[C@H](O)[C@]12C.CC(C)(C)[Si](C)(C)O[C@@H]1CC[C@]2(C)C3C[C@H](O)[C@@]4(C)C(CCC45OCCO5)C3CC[C@@H]2C1.CC=P(c1ccccc1)(c1ccccc1)c1ccccc1.C[C@]12CC[C@@H](O)C[C@H]1CCC1C2C[C@H](O)[C@]2(C)C(=O)CCC12.[OH3+]. The number of allylic oxidation sites excluding steroid dienone is 1. The Morgan fingerprint density at radius 2 is 0.900 bits per heavy atom. The number of benzene rings is 3. The van der Waals surface area contributed by atoms with Crippen molar-refractivity contribution < 1.29 is 49.7 Å². The Hall–Kier alpha value is -2.77. The molecule has 0 aromatic heterocycles. The highest BCUT2D eigenvalue weighted by molar-refractivity contribution is 7.94. The first-order chi connectivity index (χ1) is 46.5. The zero-order valence-electron chi connectivity index (χ0n) is 63.5. The van der Waals surface area contributed by atoms with Crippen molar-refractivity contribution in [3.63, 3.8) is 0 Å². The number of hydrogen-bond acceptors (Lipinski definition) is 9. The maximum atomic E-state index is 12.4. The van der Waals surface area contributed by atoms with E-state index >= 15 is 0 Å². The number of ketones is 1. The second-order valence-corrected chi connectivity index (χ2v) is 45.8. The van der Waals surface area contributed by atoms with Crippen molar-refractivity contribution in [1.29, 1.82) is 0 Å². The predicted octanol–water partition coefficient (Wildman–Crippen LogP) is 16.9. The largest absolute Gasteiger partial charge is 0.457 e. The summed E-state index contributed by atoms with van der Waals surface area (Å²) in [5.74, 6) is 9.70. The van der Waals surface area contributed by atoms with E-state index in [4.69, 9.17) is 13.9 Å². The number of fused-ring (bicyclic) bond motifs is 16. The second-order valence-electron chi connectivity index (χ2n) is 37.5. The van der Waals surface area contributed by atoms with E-state index in [1.54, 1.807) is 0 Å². The number of hydrogen-bond donors (Lipinski definition) is 5. The maximum absolute atomic E-state index is 12.4. The van der Waals surface area contributed by atoms with Crippen LogP contribution in [0.4, 0.5) is 0 Å². The minimum absolute atomic E-state index is 0. The fraction of sp³-hybridized carbons (Fsp3) is 0.750. The standard InChI is InChI=1S/C27H48O4Si.C21H34O2.C20H19P.C19H30O3.CH4.H2O/c1-24(2,3)32(6,7)31-19-10-12-25(4)18(16-19)8-9-20-21-11-13-27(29-14-15-30-27)26(21,5)23(28)17-22(20)25;1-4-13-6-8-17-16-7-5-14-11-15(22)9-10-20(14,2)18(16)12-19(23)21(13,17)3;1-2-21(18-12-6-3-7-13-18,19-14-8-4-9-15-19)20-16-10-5-11-17-20;1-18-8-7-12(20)9-11(18)3-4-13-14-5-6-16(21)19(14,2)17(22)10-15(13)18;;/h18-23,28H,8-17H2,1-7H3;4,14-19,22-23H,5-12H2,1-3H3;2-17H,1H3;11-15,17,20,22H,3-10H2,1-2H3;1H4;1H2/p+1/b;13-4+;;;;/t18-,19-,20?,21?,22?,23+,25+,26-;14-,15-,16?,17?,18?,19+,20+,21-;;11-,12-,13?,14?,15?,17+,18+,19+;;/m11.1../s1. The minimum atomic E-state index is -1.73. The van der Waals surface area contributed by atoms with Crippen molar-refractivity contribution in [2.75, 3.05) is 13.2 Å². The van der Waals surface area contributed by atoms with Crippen LogP contribution in [0.5, 0.6) is 0 Å². The van der Waals surface area contributed by atoms with E-state index in [1.165, 1.54) is 92.1 Å². The number of ether oxygens (including phenoxy) is 2. The Balaban J connectivity index is 0.000000136. The van der Waals surface area contributed by atoms with E-state index < -0.39 is 32.5 Å². The summed E-state index contributed by atoms with van der Waals surface area (Å²) in [5, 5.41) is 58.2. The molecule has 0 bridgehead atoms. The first-order valence-electron chi connectivity index (χ1n) is 39.9. The highest BCUT2D eigenvalue weighted by Crippen LogP contribution is 2.72. The van der Waals surface area contributed by atoms with Crippen molar-refractivity contribution in [2.45, 2.75) is 298 Å². The molecule has 3 aromatic carbocycles. The van der Waals surface area contributed by atoms with Crippen LogP contribution in [0.2, 0.25) is 18.1 Å². The summed E-state index contributed by atoms with van der Waals surface area (Å²) in [7, 11) is -1.73. The molecule has 9 unspecified atom stereocenters. The molecule has 1 spiro atoms. The van der Waals surface area contributed by atoms with Gasteiger partial charge in [0, 0.05) is 24.4 Å². The molecular formula is C88H138O10PSi+. The third-order valence-corrected chi connectivity index (χ3v) is 41.7. The molecule has 13 fully saturated rings. The Labute approximate surface area is 606 Å². The highest BCUT2D eigenvalue weighted by atomic mass is 31.2. The van der Waals surface area contributed by atoms with Crippen LogP contribution >= 0.6 is 6.89 Å². The number of rotatable bonds is 5. The van der Waals surface area contributed by atoms with Crippen molar-refractivity contribution in [3.05, 3.63) is 103 Å². The summed E-state index contributed by atoms with van der Waals surface area (Å²) in [4.78, 5) is 12.4. The van der Waals surface area contributed by atoms with E-state index in [-0.39, 0.29) is 58.6 Å². The second kappa shape index (κ2) is 29.4. The number of carbonyl (C=O) groups excluding carboxylic acids is 1. The molecule has 0 radical (unpaired) electrons. The van der Waals surface area contributed by atoms with E-state index in [0.717, 1.165) is 88.9 Å². The third kappa shape index (κ3) is 12.8. The molecule has 12 heteroatoms. The molecule has 100 heavy (non-hydrogen) atoms. The molecule has 1 saturated heterocycles. The molecule has 1 aliphatic heterocycles. The molecule has 12 saturated carbocycles. The average Bonchev–Trinajstić information content (AvgIpc) is 1.47. The Bertz CT molecular complexity index is 3240. The van der Waals surface area contributed by atoms with Gasteiger partial charge >= 0.3 is 0 Å². The number of Topliss-reactive ketones (excluding diaryl/α,β-unsaturated/α-hetero) is 1. The topological polar surface area (TPSA) is 179 Å². The van der Waals surface area contributed by atoms with Gasteiger partial charge in [0.1, 0.15) is 5.78 Å². The molecule has 13 aliphatic rings. The summed E-state index contributed by atoms with van der Waals surface area (Å²) in [6.45, 7) is 30.0. The van der Waals surface area contributed by atoms with Crippen molar-refractivity contribution >= 4 is 42.7 Å². The lowest BCUT2D eigenvalue weighted by molar-refractivity contribution is -0.279. The van der Waals surface area contributed by atoms with Gasteiger partial charge in [0.05, 0.1) is 54.6 Å². The molecule has 24 atom stereocenters. The summed E-state index contributed by atoms with van der Waals surface area (Å²) in [6.07, 6.45) is 27.8. The molecular weight excluding hydrogens is 1280 g/mol. The Morgan fingerprint density at radius 1 is 0.490 bits per heavy atom. The number of carbonyl (C=O) groups is 1. The minimum Gasteiger partial charge on any atom is -0.457 e. The molecule has 1 heterocycles. The maximum Gasteiger partial charge on any atom is 0.192 e. The summed E-state index contributed by atoms with van der Waals surface area (Å²) >= 11 is 0. The van der Waals surface area contributed by atoms with Gasteiger partial charge in [0.15, 0.2) is 14.1 Å². The first kappa shape index (κ1) is 78.3. The van der Waals surface area contributed by atoms with Crippen LogP contribution in [0, 0.1) is 104 Å². The van der Waals surface area contributed by atoms with E-state index in [2.05, 4.69) is 185 Å². The van der Waals surface area contributed by atoms with Gasteiger partial charge in [-0.1, -0.05) is 171 Å². The lowest BCUT2D eigenvalue weighted by Gasteiger charge is -2.63. The zero-order valence-corrected chi connectivity index (χ0v) is 65.4. The van der Waals surface area contributed by atoms with Crippen LogP contribution < -0.4 is 15.9 Å². The van der Waals surface area contributed by atoms with Gasteiger partial charge in [-0.25, -0.2) is 0 Å². The van der Waals surface area contributed by atoms with Gasteiger partial charge in [-0.15, -0.1) is 0 Å². The van der Waals surface area contributed by atoms with Crippen LogP contribution in [0.3, 0.4) is 0 Å². The van der Waals surface area contributed by atoms with E-state index in [9.17, 15) is 30.3 Å². The number of aliphatic hydroxyl groups excluding tert-OH is 5. The smallest absolute Gasteiger partial charge is 0.192 e. The van der Waals surface area contributed by atoms with Crippen molar-refractivity contribution in [3.8, 4) is 0 Å². The third-order valence-electron chi connectivity index (χ3n) is 33.1. The monoisotopic (exact) mass is 1410 g/mol. The van der Waals surface area contributed by atoms with Gasteiger partial charge in [0.25, 0.3) is 0 Å². The zero-order chi connectivity index (χ0) is 69.8. The normalized spacial score (nSPS) is 43.8. The quantitative estimate of drug-likeness (QED) is 0.0719. The average molecular weight is 1420 g/mol. The summed E-state index contributed by atoms with van der Waals surface area (Å²) < 4.78 is 19.4. The van der Waals surface area contributed by atoms with E-state index in [0.29, 0.717) is 102 Å². The Morgan fingerprint density at radius 3 is 1.35 bits per heavy atom. The molecule has 8 N–H and O–H groups in total. The predicted molar refractivity (Wildman–Crippen MR) is 415 cm³/mol. The lowest BCUT2D eigenvalue weighted by Crippen LogP contribution is -2.62. The van der Waals surface area contributed by atoms with Gasteiger partial charge in [-0.3, -0.25) is 4.79 Å². The number of aliphatic hydroxyl groups is 5. The first-order valence-corrected chi connectivity index (χ1v) is 44.7. The lowest BCUT2D eigenvalue weighted by atomic mass is 9.44. The van der Waals surface area contributed by atoms with Gasteiger partial charge in [-0.2, -0.15) is 0 Å².